The predicted octanol–water partition coefficient (Wildman–Crippen LogP) is 0.547. The molecule has 82 valence electrons. The molecule has 1 aliphatic heterocycles. The lowest BCUT2D eigenvalue weighted by Crippen LogP contribution is -2.49. The molecule has 0 bridgehead atoms. The molecule has 0 aromatic carbocycles. The average Bonchev–Trinajstić information content (AvgIpc) is 2.69. The van der Waals surface area contributed by atoms with Crippen molar-refractivity contribution in [3.63, 3.8) is 0 Å². The van der Waals surface area contributed by atoms with E-state index >= 15 is 0 Å². The van der Waals surface area contributed by atoms with Gasteiger partial charge in [-0.25, -0.2) is 0 Å². The summed E-state index contributed by atoms with van der Waals surface area (Å²) in [5, 5.41) is 15.3. The number of carbonyl (C=O) groups excluding carboxylic acids is 1. The summed E-state index contributed by atoms with van der Waals surface area (Å²) in [6, 6.07) is 3.07. The lowest BCUT2D eigenvalue weighted by molar-refractivity contribution is -0.122. The van der Waals surface area contributed by atoms with Crippen molar-refractivity contribution < 1.29 is 4.79 Å². The molecule has 3 atom stereocenters. The van der Waals surface area contributed by atoms with Crippen LogP contribution < -0.4 is 10.6 Å². The first-order chi connectivity index (χ1) is 7.29. The summed E-state index contributed by atoms with van der Waals surface area (Å²) in [5.74, 6) is 0.318. The molecule has 4 heteroatoms. The highest BCUT2D eigenvalue weighted by Crippen LogP contribution is 2.25. The van der Waals surface area contributed by atoms with E-state index in [2.05, 4.69) is 16.7 Å². The monoisotopic (exact) mass is 207 g/mol. The fraction of sp³-hybridized carbons (Fsp3) is 0.818. The number of nitrogens with one attached hydrogen (secondary N) is 2. The second-order valence-electron chi connectivity index (χ2n) is 4.48. The lowest BCUT2D eigenvalue weighted by atomic mass is 10.0. The Morgan fingerprint density at radius 1 is 1.40 bits per heavy atom. The van der Waals surface area contributed by atoms with E-state index in [9.17, 15) is 4.79 Å². The highest BCUT2D eigenvalue weighted by Gasteiger charge is 2.29. The first kappa shape index (κ1) is 10.4. The quantitative estimate of drug-likeness (QED) is 0.695. The second kappa shape index (κ2) is 4.63. The minimum absolute atomic E-state index is 0.149. The van der Waals surface area contributed by atoms with Gasteiger partial charge in [-0.1, -0.05) is 6.42 Å². The first-order valence-electron chi connectivity index (χ1n) is 5.72. The van der Waals surface area contributed by atoms with Crippen molar-refractivity contribution in [1.82, 2.24) is 10.6 Å². The number of hydrogen-bond donors (Lipinski definition) is 2. The summed E-state index contributed by atoms with van der Waals surface area (Å²) < 4.78 is 0. The van der Waals surface area contributed by atoms with Crippen LogP contribution in [0.1, 0.15) is 32.1 Å². The molecule has 1 saturated carbocycles. The van der Waals surface area contributed by atoms with E-state index in [0.29, 0.717) is 25.0 Å². The molecular weight excluding hydrogens is 190 g/mol. The molecule has 2 fully saturated rings. The zero-order valence-corrected chi connectivity index (χ0v) is 8.83. The van der Waals surface area contributed by atoms with Crippen LogP contribution in [0.15, 0.2) is 0 Å². The van der Waals surface area contributed by atoms with Crippen molar-refractivity contribution in [2.24, 2.45) is 5.92 Å². The van der Waals surface area contributed by atoms with Gasteiger partial charge in [0.2, 0.25) is 5.91 Å². The van der Waals surface area contributed by atoms with Crippen molar-refractivity contribution in [3.8, 4) is 6.07 Å². The number of carbonyl (C=O) groups is 1. The molecule has 2 aliphatic rings. The van der Waals surface area contributed by atoms with Gasteiger partial charge in [-0.2, -0.15) is 5.26 Å². The van der Waals surface area contributed by atoms with E-state index in [-0.39, 0.29) is 11.8 Å². The van der Waals surface area contributed by atoms with Crippen molar-refractivity contribution in [1.29, 1.82) is 5.26 Å². The minimum atomic E-state index is 0.149. The second-order valence-corrected chi connectivity index (χ2v) is 4.48. The Labute approximate surface area is 90.0 Å². The summed E-state index contributed by atoms with van der Waals surface area (Å²) in [5.41, 5.74) is 0. The van der Waals surface area contributed by atoms with E-state index < -0.39 is 0 Å². The van der Waals surface area contributed by atoms with Crippen molar-refractivity contribution in [2.45, 2.75) is 44.2 Å². The van der Waals surface area contributed by atoms with Gasteiger partial charge < -0.3 is 10.6 Å². The van der Waals surface area contributed by atoms with Crippen LogP contribution in [0, 0.1) is 17.2 Å². The molecule has 0 spiro atoms. The molecule has 1 heterocycles. The van der Waals surface area contributed by atoms with E-state index in [1.54, 1.807) is 0 Å². The largest absolute Gasteiger partial charge is 0.355 e. The number of nitriles is 1. The summed E-state index contributed by atoms with van der Waals surface area (Å²) in [4.78, 5) is 11.0. The van der Waals surface area contributed by atoms with Crippen LogP contribution in [0.3, 0.4) is 0 Å². The van der Waals surface area contributed by atoms with Gasteiger partial charge in [0.05, 0.1) is 12.0 Å². The molecule has 3 unspecified atom stereocenters. The maximum absolute atomic E-state index is 11.0. The lowest BCUT2D eigenvalue weighted by Gasteiger charge is -2.27. The number of hydrogen-bond acceptors (Lipinski definition) is 3. The Morgan fingerprint density at radius 3 is 2.93 bits per heavy atom. The Kier molecular flexibility index (Phi) is 3.22. The third-order valence-corrected chi connectivity index (χ3v) is 3.40. The van der Waals surface area contributed by atoms with Crippen LogP contribution in [0.4, 0.5) is 0 Å². The van der Waals surface area contributed by atoms with Gasteiger partial charge in [-0.05, 0) is 19.3 Å². The van der Waals surface area contributed by atoms with Gasteiger partial charge >= 0.3 is 0 Å². The molecular formula is C11H17N3O. The predicted molar refractivity (Wildman–Crippen MR) is 55.9 cm³/mol. The third kappa shape index (κ3) is 2.48. The first-order valence-corrected chi connectivity index (χ1v) is 5.72. The summed E-state index contributed by atoms with van der Waals surface area (Å²) in [6.07, 6.45) is 4.78. The normalized spacial score (nSPS) is 35.9. The fourth-order valence-electron chi connectivity index (χ4n) is 2.49. The molecule has 0 aromatic rings. The number of piperidine rings is 1. The zero-order valence-electron chi connectivity index (χ0n) is 8.83. The van der Waals surface area contributed by atoms with Gasteiger partial charge in [0.25, 0.3) is 0 Å². The summed E-state index contributed by atoms with van der Waals surface area (Å²) in [6.45, 7) is 0.716. The molecule has 2 N–H and O–H groups in total. The van der Waals surface area contributed by atoms with Crippen molar-refractivity contribution >= 4 is 5.91 Å². The topological polar surface area (TPSA) is 64.9 Å². The molecule has 1 saturated heterocycles. The Hall–Kier alpha value is -1.08. The average molecular weight is 207 g/mol. The van der Waals surface area contributed by atoms with E-state index in [4.69, 9.17) is 5.26 Å². The molecule has 0 aromatic heterocycles. The molecule has 1 aliphatic carbocycles. The van der Waals surface area contributed by atoms with Gasteiger partial charge in [0.15, 0.2) is 0 Å². The van der Waals surface area contributed by atoms with Crippen LogP contribution in [0.2, 0.25) is 0 Å². The van der Waals surface area contributed by atoms with Gasteiger partial charge in [-0.3, -0.25) is 4.79 Å². The van der Waals surface area contributed by atoms with Crippen LogP contribution in [-0.2, 0) is 4.79 Å². The van der Waals surface area contributed by atoms with Crippen LogP contribution in [-0.4, -0.2) is 24.5 Å². The Balaban J connectivity index is 1.81. The smallest absolute Gasteiger partial charge is 0.220 e. The third-order valence-electron chi connectivity index (χ3n) is 3.40. The van der Waals surface area contributed by atoms with Gasteiger partial charge in [-0.15, -0.1) is 0 Å². The Bertz CT molecular complexity index is 274. The maximum Gasteiger partial charge on any atom is 0.220 e. The molecule has 1 amide bonds. The summed E-state index contributed by atoms with van der Waals surface area (Å²) in [7, 11) is 0. The van der Waals surface area contributed by atoms with Crippen molar-refractivity contribution in [3.05, 3.63) is 0 Å². The highest BCUT2D eigenvalue weighted by molar-refractivity contribution is 5.76. The van der Waals surface area contributed by atoms with Crippen LogP contribution in [0.5, 0.6) is 0 Å². The SMILES string of the molecule is N#CC1CCCC1NC1CCC(=O)NC1. The van der Waals surface area contributed by atoms with Gasteiger partial charge in [0, 0.05) is 25.0 Å². The standard InChI is InChI=1S/C11H17N3O/c12-6-8-2-1-3-10(8)14-9-4-5-11(15)13-7-9/h8-10,14H,1-5,7H2,(H,13,15). The van der Waals surface area contributed by atoms with Crippen LogP contribution >= 0.6 is 0 Å². The fourth-order valence-corrected chi connectivity index (χ4v) is 2.49. The van der Waals surface area contributed by atoms with Gasteiger partial charge in [0.1, 0.15) is 0 Å². The molecule has 2 rings (SSSR count). The van der Waals surface area contributed by atoms with E-state index in [1.165, 1.54) is 0 Å². The van der Waals surface area contributed by atoms with E-state index in [1.807, 2.05) is 0 Å². The van der Waals surface area contributed by atoms with Crippen LogP contribution in [0.25, 0.3) is 0 Å². The number of amides is 1. The summed E-state index contributed by atoms with van der Waals surface area (Å²) >= 11 is 0. The zero-order chi connectivity index (χ0) is 10.7. The van der Waals surface area contributed by atoms with Crippen molar-refractivity contribution in [2.75, 3.05) is 6.54 Å². The molecule has 4 nitrogen and oxygen atoms in total. The number of nitrogens with zero attached hydrogens (tertiary/aromatic N) is 1. The molecule has 0 radical (unpaired) electrons. The highest BCUT2D eigenvalue weighted by atomic mass is 16.1. The minimum Gasteiger partial charge on any atom is -0.355 e. The Morgan fingerprint density at radius 2 is 2.27 bits per heavy atom. The maximum atomic E-state index is 11.0. The number of rotatable bonds is 2. The van der Waals surface area contributed by atoms with E-state index in [0.717, 1.165) is 25.7 Å². The molecule has 15 heavy (non-hydrogen) atoms.